The van der Waals surface area contributed by atoms with Gasteiger partial charge < -0.3 is 18.6 Å². The van der Waals surface area contributed by atoms with Crippen molar-refractivity contribution in [3.8, 4) is 5.75 Å². The van der Waals surface area contributed by atoms with E-state index >= 15 is 0 Å². The minimum Gasteiger partial charge on any atom is -0.489 e. The Morgan fingerprint density at radius 2 is 1.52 bits per heavy atom. The fourth-order valence-corrected chi connectivity index (χ4v) is 7.89. The van der Waals surface area contributed by atoms with Crippen LogP contribution in [0.5, 0.6) is 5.75 Å². The van der Waals surface area contributed by atoms with E-state index in [-0.39, 0.29) is 30.9 Å². The van der Waals surface area contributed by atoms with Gasteiger partial charge in [-0.05, 0) is 34.9 Å². The molecule has 2 aliphatic rings. The molecule has 1 saturated heterocycles. The topological polar surface area (TPSA) is 112 Å². The highest BCUT2D eigenvalue weighted by atomic mass is 32.2. The molecule has 2 aliphatic heterocycles. The van der Waals surface area contributed by atoms with E-state index in [1.54, 1.807) is 24.3 Å². The van der Waals surface area contributed by atoms with Crippen molar-refractivity contribution in [2.24, 2.45) is 0 Å². The van der Waals surface area contributed by atoms with Crippen LogP contribution in [-0.2, 0) is 30.3 Å². The van der Waals surface area contributed by atoms with E-state index in [1.807, 2.05) is 91.0 Å². The van der Waals surface area contributed by atoms with E-state index in [0.717, 1.165) is 22.1 Å². The van der Waals surface area contributed by atoms with Crippen LogP contribution >= 0.6 is 11.8 Å². The Morgan fingerprint density at radius 1 is 0.880 bits per heavy atom. The third-order valence-electron chi connectivity index (χ3n) is 8.90. The molecule has 7 rings (SSSR count). The molecule has 0 radical (unpaired) electrons. The number of fused-ring (bicyclic) bond motifs is 2. The zero-order valence-electron chi connectivity index (χ0n) is 27.2. The van der Waals surface area contributed by atoms with Gasteiger partial charge in [0.25, 0.3) is 5.91 Å². The van der Waals surface area contributed by atoms with Gasteiger partial charge in [0.15, 0.2) is 11.7 Å². The smallest absolute Gasteiger partial charge is 0.356 e. The van der Waals surface area contributed by atoms with Crippen molar-refractivity contribution < 1.29 is 33.0 Å². The van der Waals surface area contributed by atoms with Crippen molar-refractivity contribution in [3.63, 3.8) is 0 Å². The molecular weight excluding hydrogens is 655 g/mol. The quantitative estimate of drug-likeness (QED) is 0.0852. The van der Waals surface area contributed by atoms with Gasteiger partial charge in [-0.3, -0.25) is 14.5 Å². The first kappa shape index (κ1) is 33.1. The fraction of sp³-hybridized carbons (Fsp3) is 0.200. The third kappa shape index (κ3) is 6.47. The largest absolute Gasteiger partial charge is 0.489 e. The number of hydrogen-bond donors (Lipinski definition) is 0. The second kappa shape index (κ2) is 14.2. The Hall–Kier alpha value is -5.45. The molecule has 4 aromatic carbocycles. The van der Waals surface area contributed by atoms with Crippen LogP contribution in [0.3, 0.4) is 0 Å². The second-order valence-corrected chi connectivity index (χ2v) is 13.2. The van der Waals surface area contributed by atoms with Crippen molar-refractivity contribution >= 4 is 40.4 Å². The number of ketones is 1. The lowest BCUT2D eigenvalue weighted by Crippen LogP contribution is -2.75. The molecule has 0 bridgehead atoms. The summed E-state index contributed by atoms with van der Waals surface area (Å²) < 4.78 is 23.6. The number of esters is 1. The van der Waals surface area contributed by atoms with E-state index in [1.165, 1.54) is 29.8 Å². The molecule has 252 valence electrons. The Kier molecular flexibility index (Phi) is 9.38. The number of Topliss-reactive ketones (excluding diaryl/α,β-unsaturated/α-hetero) is 1. The predicted molar refractivity (Wildman–Crippen MR) is 188 cm³/mol. The first-order valence-electron chi connectivity index (χ1n) is 16.1. The van der Waals surface area contributed by atoms with E-state index in [4.69, 9.17) is 18.6 Å². The maximum Gasteiger partial charge on any atom is 0.356 e. The number of β-lactam (4-membered cyclic amide) rings is 1. The number of ether oxygens (including phenoxy) is 3. The summed E-state index contributed by atoms with van der Waals surface area (Å²) >= 11 is 1.40. The molecule has 10 heteroatoms. The number of methoxy groups -OCH3 is 1. The van der Waals surface area contributed by atoms with Crippen molar-refractivity contribution in [1.29, 1.82) is 0 Å². The normalized spacial score (nSPS) is 18.5. The number of hydrogen-bond acceptors (Lipinski definition) is 9. The lowest BCUT2D eigenvalue weighted by molar-refractivity contribution is -0.187. The van der Waals surface area contributed by atoms with Crippen molar-refractivity contribution in [1.82, 2.24) is 4.90 Å². The van der Waals surface area contributed by atoms with Crippen LogP contribution in [0.2, 0.25) is 0 Å². The number of benzene rings is 4. The van der Waals surface area contributed by atoms with E-state index < -0.39 is 34.6 Å². The number of thioether (sulfide) groups is 1. The van der Waals surface area contributed by atoms with Gasteiger partial charge >= 0.3 is 11.6 Å². The molecule has 1 amide bonds. The molecule has 0 saturated carbocycles. The van der Waals surface area contributed by atoms with Crippen molar-refractivity contribution in [3.05, 3.63) is 160 Å². The van der Waals surface area contributed by atoms with E-state index in [2.05, 4.69) is 0 Å². The molecule has 0 spiro atoms. The minimum atomic E-state index is -1.44. The SMILES string of the molecule is CO[C@@]1(CC(=O)Cc2ccccc2)C(=O)N2C(C(=O)OC(c3ccccc3)c3ccccc3)=C(COc3ccc4ccc(=O)oc4c3)CS[C@@H]21. The van der Waals surface area contributed by atoms with Gasteiger partial charge in [0, 0.05) is 48.8 Å². The lowest BCUT2D eigenvalue weighted by Gasteiger charge is -2.56. The summed E-state index contributed by atoms with van der Waals surface area (Å²) in [5.41, 5.74) is 1.39. The summed E-state index contributed by atoms with van der Waals surface area (Å²) in [6.07, 6.45) is -0.743. The van der Waals surface area contributed by atoms with Gasteiger partial charge in [-0.2, -0.15) is 0 Å². The number of carbonyl (C=O) groups excluding carboxylic acids is 3. The second-order valence-electron chi connectivity index (χ2n) is 12.1. The van der Waals surface area contributed by atoms with Crippen LogP contribution in [0.1, 0.15) is 29.2 Å². The highest BCUT2D eigenvalue weighted by Crippen LogP contribution is 2.50. The summed E-state index contributed by atoms with van der Waals surface area (Å²) in [7, 11) is 1.42. The average Bonchev–Trinajstić information content (AvgIpc) is 3.15. The monoisotopic (exact) mass is 687 g/mol. The summed E-state index contributed by atoms with van der Waals surface area (Å²) in [5, 5.41) is 0.0844. The molecule has 0 aliphatic carbocycles. The summed E-state index contributed by atoms with van der Waals surface area (Å²) in [6.45, 7) is -0.0508. The molecule has 1 aromatic heterocycles. The van der Waals surface area contributed by atoms with E-state index in [9.17, 15) is 19.2 Å². The van der Waals surface area contributed by atoms with Crippen LogP contribution in [-0.4, -0.2) is 53.0 Å². The number of nitrogens with zero attached hydrogens (tertiary/aromatic N) is 1. The Morgan fingerprint density at radius 3 is 2.18 bits per heavy atom. The van der Waals surface area contributed by atoms with Crippen LogP contribution < -0.4 is 10.4 Å². The molecule has 2 atom stereocenters. The highest BCUT2D eigenvalue weighted by Gasteiger charge is 2.66. The summed E-state index contributed by atoms with van der Waals surface area (Å²) in [4.78, 5) is 55.1. The van der Waals surface area contributed by atoms with Crippen molar-refractivity contribution in [2.45, 2.75) is 29.9 Å². The van der Waals surface area contributed by atoms with Crippen molar-refractivity contribution in [2.75, 3.05) is 19.5 Å². The Labute approximate surface area is 292 Å². The maximum atomic E-state index is 14.4. The predicted octanol–water partition coefficient (Wildman–Crippen LogP) is 6.26. The fourth-order valence-electron chi connectivity index (χ4n) is 6.41. The number of carbonyl (C=O) groups is 3. The third-order valence-corrected chi connectivity index (χ3v) is 10.3. The summed E-state index contributed by atoms with van der Waals surface area (Å²) in [5.74, 6) is -0.624. The molecule has 0 N–H and O–H groups in total. The number of rotatable bonds is 12. The minimum absolute atomic E-state index is 0.0508. The van der Waals surface area contributed by atoms with Gasteiger partial charge in [-0.15, -0.1) is 11.8 Å². The Bertz CT molecular complexity index is 2090. The van der Waals surface area contributed by atoms with Crippen LogP contribution in [0.25, 0.3) is 11.0 Å². The van der Waals surface area contributed by atoms with Crippen LogP contribution in [0.4, 0.5) is 0 Å². The average molecular weight is 688 g/mol. The van der Waals surface area contributed by atoms with Gasteiger partial charge in [0.2, 0.25) is 0 Å². The summed E-state index contributed by atoms with van der Waals surface area (Å²) in [6, 6.07) is 36.2. The van der Waals surface area contributed by atoms with Crippen LogP contribution in [0, 0.1) is 0 Å². The molecular formula is C40H33NO8S. The first-order valence-corrected chi connectivity index (χ1v) is 17.2. The van der Waals surface area contributed by atoms with E-state index in [0.29, 0.717) is 22.7 Å². The van der Waals surface area contributed by atoms with Gasteiger partial charge in [-0.1, -0.05) is 91.0 Å². The molecule has 5 aromatic rings. The Balaban J connectivity index is 1.21. The molecule has 9 nitrogen and oxygen atoms in total. The number of amides is 1. The van der Waals surface area contributed by atoms with Gasteiger partial charge in [-0.25, -0.2) is 9.59 Å². The first-order chi connectivity index (χ1) is 24.4. The molecule has 50 heavy (non-hydrogen) atoms. The molecule has 1 fully saturated rings. The van der Waals surface area contributed by atoms with Gasteiger partial charge in [0.05, 0.1) is 0 Å². The zero-order chi connectivity index (χ0) is 34.7. The van der Waals surface area contributed by atoms with Gasteiger partial charge in [0.1, 0.15) is 34.8 Å². The standard InChI is InChI=1S/C40H33NO8S/c1-46-40(23-31(42)21-26-11-5-2-6-12-26)38(45)41-35(37(44)49-36(28-13-7-3-8-14-28)29-15-9-4-10-16-29)30(25-50-39(40)41)24-47-32-19-17-27-18-20-34(43)48-33(27)22-32/h2-20,22,36,39H,21,23-25H2,1H3/t39-,40+/m1/s1. The maximum absolute atomic E-state index is 14.4. The zero-order valence-corrected chi connectivity index (χ0v) is 28.0. The lowest BCUT2D eigenvalue weighted by atomic mass is 9.84. The molecule has 0 unspecified atom stereocenters. The molecule has 3 heterocycles. The van der Waals surface area contributed by atoms with Crippen LogP contribution in [0.15, 0.2) is 142 Å². The highest BCUT2D eigenvalue weighted by molar-refractivity contribution is 8.00.